The first-order valence-electron chi connectivity index (χ1n) is 5.99. The molecular weight excluding hydrogens is 236 g/mol. The number of anilines is 1. The van der Waals surface area contributed by atoms with Crippen LogP contribution in [-0.2, 0) is 0 Å². The summed E-state index contributed by atoms with van der Waals surface area (Å²) in [5.41, 5.74) is 7.44. The number of para-hydroxylation sites is 1. The molecule has 0 unspecified atom stereocenters. The molecule has 3 aromatic rings. The molecule has 0 saturated carbocycles. The van der Waals surface area contributed by atoms with E-state index >= 15 is 0 Å². The van der Waals surface area contributed by atoms with Crippen molar-refractivity contribution in [2.45, 2.75) is 0 Å². The third-order valence-corrected chi connectivity index (χ3v) is 3.12. The lowest BCUT2D eigenvalue weighted by molar-refractivity contribution is 0.104. The number of carbonyl (C=O) groups is 1. The lowest BCUT2D eigenvalue weighted by Gasteiger charge is -2.07. The van der Waals surface area contributed by atoms with Gasteiger partial charge in [-0.3, -0.25) is 9.78 Å². The highest BCUT2D eigenvalue weighted by molar-refractivity contribution is 6.18. The quantitative estimate of drug-likeness (QED) is 0.560. The second kappa shape index (κ2) is 4.53. The Labute approximate surface area is 110 Å². The van der Waals surface area contributed by atoms with Crippen molar-refractivity contribution in [3.63, 3.8) is 0 Å². The molecule has 3 rings (SSSR count). The van der Waals surface area contributed by atoms with Gasteiger partial charge in [0.25, 0.3) is 0 Å². The van der Waals surface area contributed by atoms with Crippen LogP contribution in [0, 0.1) is 0 Å². The summed E-state index contributed by atoms with van der Waals surface area (Å²) in [5, 5.41) is 1.84. The van der Waals surface area contributed by atoms with Crippen molar-refractivity contribution in [1.82, 2.24) is 4.98 Å². The second-order valence-electron chi connectivity index (χ2n) is 4.32. The van der Waals surface area contributed by atoms with Crippen LogP contribution in [0.5, 0.6) is 0 Å². The smallest absolute Gasteiger partial charge is 0.197 e. The predicted octanol–water partition coefficient (Wildman–Crippen LogP) is 3.05. The van der Waals surface area contributed by atoms with E-state index in [0.29, 0.717) is 16.8 Å². The Balaban J connectivity index is 2.20. The summed E-state index contributed by atoms with van der Waals surface area (Å²) in [6.45, 7) is 0. The lowest BCUT2D eigenvalue weighted by atomic mass is 9.99. The van der Waals surface area contributed by atoms with Gasteiger partial charge in [0.1, 0.15) is 0 Å². The number of aromatic nitrogens is 1. The molecule has 3 nitrogen and oxygen atoms in total. The first kappa shape index (κ1) is 11.4. The lowest BCUT2D eigenvalue weighted by Crippen LogP contribution is -2.06. The van der Waals surface area contributed by atoms with Crippen LogP contribution in [0.3, 0.4) is 0 Å². The van der Waals surface area contributed by atoms with Crippen molar-refractivity contribution in [3.8, 4) is 0 Å². The monoisotopic (exact) mass is 248 g/mol. The van der Waals surface area contributed by atoms with Crippen LogP contribution in [0.15, 0.2) is 60.9 Å². The number of ketones is 1. The van der Waals surface area contributed by atoms with Crippen molar-refractivity contribution in [1.29, 1.82) is 0 Å². The van der Waals surface area contributed by atoms with Crippen molar-refractivity contribution >= 4 is 22.2 Å². The summed E-state index contributed by atoms with van der Waals surface area (Å²) in [5.74, 6) is -0.0950. The summed E-state index contributed by atoms with van der Waals surface area (Å²) < 4.78 is 0. The molecule has 0 atom stereocenters. The average molecular weight is 248 g/mol. The minimum Gasteiger partial charge on any atom is -0.398 e. The number of hydrogen-bond donors (Lipinski definition) is 1. The molecule has 2 N–H and O–H groups in total. The number of carbonyl (C=O) groups excluding carboxylic acids is 1. The van der Waals surface area contributed by atoms with E-state index in [0.717, 1.165) is 10.8 Å². The first-order chi connectivity index (χ1) is 9.27. The minimum absolute atomic E-state index is 0.0950. The molecule has 0 aliphatic heterocycles. The Bertz CT molecular complexity index is 760. The fourth-order valence-corrected chi connectivity index (χ4v) is 2.15. The molecule has 1 heterocycles. The predicted molar refractivity (Wildman–Crippen MR) is 76.0 cm³/mol. The minimum atomic E-state index is -0.0950. The van der Waals surface area contributed by atoms with E-state index < -0.39 is 0 Å². The molecule has 0 aliphatic carbocycles. The number of hydrogen-bond acceptors (Lipinski definition) is 3. The maximum atomic E-state index is 12.6. The zero-order valence-electron chi connectivity index (χ0n) is 10.2. The summed E-state index contributed by atoms with van der Waals surface area (Å²) in [7, 11) is 0. The molecule has 0 radical (unpaired) electrons. The Kier molecular flexibility index (Phi) is 2.72. The standard InChI is InChI=1S/C16H12N2O/c17-15-8-4-3-7-13(15)16(19)14-10-18-9-11-5-1-2-6-12(11)14/h1-10H,17H2. The number of nitrogen functional groups attached to an aromatic ring is 1. The normalized spacial score (nSPS) is 10.5. The number of rotatable bonds is 2. The Morgan fingerprint density at radius 1 is 0.895 bits per heavy atom. The SMILES string of the molecule is Nc1ccccc1C(=O)c1cncc2ccccc12. The van der Waals surface area contributed by atoms with Crippen LogP contribution < -0.4 is 5.73 Å². The third-order valence-electron chi connectivity index (χ3n) is 3.12. The summed E-state index contributed by atoms with van der Waals surface area (Å²) >= 11 is 0. The van der Waals surface area contributed by atoms with Gasteiger partial charge in [-0.1, -0.05) is 36.4 Å². The Morgan fingerprint density at radius 3 is 2.47 bits per heavy atom. The number of nitrogens with zero attached hydrogens (tertiary/aromatic N) is 1. The van der Waals surface area contributed by atoms with Gasteiger partial charge in [0.05, 0.1) is 0 Å². The zero-order valence-corrected chi connectivity index (χ0v) is 10.2. The fourth-order valence-electron chi connectivity index (χ4n) is 2.15. The van der Waals surface area contributed by atoms with Gasteiger partial charge >= 0.3 is 0 Å². The molecule has 2 aromatic carbocycles. The molecule has 3 heteroatoms. The van der Waals surface area contributed by atoms with Crippen LogP contribution in [0.4, 0.5) is 5.69 Å². The average Bonchev–Trinajstić information content (AvgIpc) is 2.46. The van der Waals surface area contributed by atoms with Crippen LogP contribution in [0.25, 0.3) is 10.8 Å². The van der Waals surface area contributed by atoms with Gasteiger partial charge in [0.15, 0.2) is 5.78 Å². The summed E-state index contributed by atoms with van der Waals surface area (Å²) in [6.07, 6.45) is 3.34. The molecule has 0 bridgehead atoms. The van der Waals surface area contributed by atoms with E-state index in [1.165, 1.54) is 0 Å². The van der Waals surface area contributed by atoms with Crippen molar-refractivity contribution in [2.75, 3.05) is 5.73 Å². The molecule has 0 saturated heterocycles. The van der Waals surface area contributed by atoms with Crippen molar-refractivity contribution in [2.24, 2.45) is 0 Å². The molecule has 0 spiro atoms. The molecule has 0 amide bonds. The highest BCUT2D eigenvalue weighted by Crippen LogP contribution is 2.22. The van der Waals surface area contributed by atoms with E-state index in [2.05, 4.69) is 4.98 Å². The van der Waals surface area contributed by atoms with Crippen LogP contribution in [0.2, 0.25) is 0 Å². The first-order valence-corrected chi connectivity index (χ1v) is 5.99. The van der Waals surface area contributed by atoms with Gasteiger partial charge in [0.2, 0.25) is 0 Å². The zero-order chi connectivity index (χ0) is 13.2. The number of fused-ring (bicyclic) bond motifs is 1. The topological polar surface area (TPSA) is 56.0 Å². The van der Waals surface area contributed by atoms with Gasteiger partial charge in [-0.15, -0.1) is 0 Å². The molecule has 1 aromatic heterocycles. The highest BCUT2D eigenvalue weighted by atomic mass is 16.1. The van der Waals surface area contributed by atoms with E-state index in [-0.39, 0.29) is 5.78 Å². The van der Waals surface area contributed by atoms with Crippen molar-refractivity contribution in [3.05, 3.63) is 72.1 Å². The van der Waals surface area contributed by atoms with Gasteiger partial charge in [-0.05, 0) is 17.5 Å². The Morgan fingerprint density at radius 2 is 1.63 bits per heavy atom. The molecule has 19 heavy (non-hydrogen) atoms. The Hall–Kier alpha value is -2.68. The molecule has 0 aliphatic rings. The molecule has 92 valence electrons. The van der Waals surface area contributed by atoms with E-state index in [9.17, 15) is 4.79 Å². The van der Waals surface area contributed by atoms with Gasteiger partial charge in [-0.2, -0.15) is 0 Å². The fraction of sp³-hybridized carbons (Fsp3) is 0. The van der Waals surface area contributed by atoms with Gasteiger partial charge < -0.3 is 5.73 Å². The third kappa shape index (κ3) is 1.95. The van der Waals surface area contributed by atoms with E-state index in [1.807, 2.05) is 36.4 Å². The maximum Gasteiger partial charge on any atom is 0.197 e. The van der Waals surface area contributed by atoms with E-state index in [1.54, 1.807) is 24.5 Å². The number of pyridine rings is 1. The van der Waals surface area contributed by atoms with E-state index in [4.69, 9.17) is 5.73 Å². The van der Waals surface area contributed by atoms with Crippen LogP contribution in [0.1, 0.15) is 15.9 Å². The second-order valence-corrected chi connectivity index (χ2v) is 4.32. The van der Waals surface area contributed by atoms with Crippen LogP contribution >= 0.6 is 0 Å². The molecular formula is C16H12N2O. The van der Waals surface area contributed by atoms with Gasteiger partial charge in [0, 0.05) is 34.6 Å². The van der Waals surface area contributed by atoms with Crippen molar-refractivity contribution < 1.29 is 4.79 Å². The number of benzene rings is 2. The van der Waals surface area contributed by atoms with Gasteiger partial charge in [-0.25, -0.2) is 0 Å². The maximum absolute atomic E-state index is 12.6. The largest absolute Gasteiger partial charge is 0.398 e. The molecule has 0 fully saturated rings. The number of nitrogens with two attached hydrogens (primary N) is 1. The van der Waals surface area contributed by atoms with Crippen LogP contribution in [-0.4, -0.2) is 10.8 Å². The summed E-state index contributed by atoms with van der Waals surface area (Å²) in [6, 6.07) is 14.8. The highest BCUT2D eigenvalue weighted by Gasteiger charge is 2.14. The summed E-state index contributed by atoms with van der Waals surface area (Å²) in [4.78, 5) is 16.7.